The van der Waals surface area contributed by atoms with E-state index in [2.05, 4.69) is 11.2 Å². The molecular formula is C7H11NO2. The summed E-state index contributed by atoms with van der Waals surface area (Å²) in [6, 6.07) is -0.289. The Bertz CT molecular complexity index is 148. The maximum absolute atomic E-state index is 10.4. The van der Waals surface area contributed by atoms with Crippen LogP contribution in [0, 0.1) is 12.3 Å². The highest BCUT2D eigenvalue weighted by Gasteiger charge is 2.04. The first-order valence-electron chi connectivity index (χ1n) is 3.02. The zero-order chi connectivity index (χ0) is 7.98. The molecule has 1 unspecified atom stereocenters. The highest BCUT2D eigenvalue weighted by molar-refractivity contribution is 5.73. The van der Waals surface area contributed by atoms with Crippen LogP contribution in [0.4, 0.5) is 0 Å². The SMILES string of the molecule is C#CCC(CO)NC(C)=O. The standard InChI is InChI=1S/C7H11NO2/c1-3-4-7(5-9)8-6(2)10/h1,7,9H,4-5H2,2H3,(H,8,10). The highest BCUT2D eigenvalue weighted by atomic mass is 16.3. The van der Waals surface area contributed by atoms with E-state index in [9.17, 15) is 4.79 Å². The number of carbonyl (C=O) groups excluding carboxylic acids is 1. The molecule has 10 heavy (non-hydrogen) atoms. The van der Waals surface area contributed by atoms with Crippen LogP contribution < -0.4 is 5.32 Å². The molecule has 0 bridgehead atoms. The van der Waals surface area contributed by atoms with Crippen LogP contribution in [0.15, 0.2) is 0 Å². The van der Waals surface area contributed by atoms with Gasteiger partial charge in [0.05, 0.1) is 12.6 Å². The maximum Gasteiger partial charge on any atom is 0.217 e. The molecule has 0 aromatic carbocycles. The van der Waals surface area contributed by atoms with Crippen molar-refractivity contribution in [3.63, 3.8) is 0 Å². The quantitative estimate of drug-likeness (QED) is 0.521. The van der Waals surface area contributed by atoms with E-state index in [1.54, 1.807) is 0 Å². The Kier molecular flexibility index (Phi) is 4.34. The summed E-state index contributed by atoms with van der Waals surface area (Å²) in [7, 11) is 0. The predicted molar refractivity (Wildman–Crippen MR) is 38.1 cm³/mol. The first-order chi connectivity index (χ1) is 4.70. The Morgan fingerprint density at radius 2 is 2.50 bits per heavy atom. The summed E-state index contributed by atoms with van der Waals surface area (Å²) in [5.74, 6) is 2.18. The van der Waals surface area contributed by atoms with E-state index < -0.39 is 0 Å². The molecule has 0 radical (unpaired) electrons. The fourth-order valence-corrected chi connectivity index (χ4v) is 0.591. The molecule has 1 amide bonds. The number of hydrogen-bond acceptors (Lipinski definition) is 2. The lowest BCUT2D eigenvalue weighted by Gasteiger charge is -2.10. The molecule has 0 aliphatic heterocycles. The third-order valence-corrected chi connectivity index (χ3v) is 0.992. The van der Waals surface area contributed by atoms with E-state index in [0.29, 0.717) is 6.42 Å². The van der Waals surface area contributed by atoms with E-state index >= 15 is 0 Å². The summed E-state index contributed by atoms with van der Waals surface area (Å²) in [4.78, 5) is 10.4. The lowest BCUT2D eigenvalue weighted by Crippen LogP contribution is -2.35. The predicted octanol–water partition coefficient (Wildman–Crippen LogP) is -0.493. The van der Waals surface area contributed by atoms with Crippen molar-refractivity contribution in [1.82, 2.24) is 5.32 Å². The van der Waals surface area contributed by atoms with Crippen molar-refractivity contribution in [2.45, 2.75) is 19.4 Å². The average molecular weight is 141 g/mol. The fourth-order valence-electron chi connectivity index (χ4n) is 0.591. The van der Waals surface area contributed by atoms with Gasteiger partial charge < -0.3 is 10.4 Å². The van der Waals surface area contributed by atoms with Gasteiger partial charge in [-0.25, -0.2) is 0 Å². The summed E-state index contributed by atoms with van der Waals surface area (Å²) >= 11 is 0. The van der Waals surface area contributed by atoms with Crippen LogP contribution in [-0.4, -0.2) is 23.7 Å². The maximum atomic E-state index is 10.4. The molecule has 1 atom stereocenters. The van der Waals surface area contributed by atoms with Crippen LogP contribution in [0.3, 0.4) is 0 Å². The van der Waals surface area contributed by atoms with Crippen molar-refractivity contribution in [2.75, 3.05) is 6.61 Å². The normalized spacial score (nSPS) is 11.7. The van der Waals surface area contributed by atoms with Crippen LogP contribution in [0.2, 0.25) is 0 Å². The zero-order valence-electron chi connectivity index (χ0n) is 5.92. The Morgan fingerprint density at radius 3 is 2.80 bits per heavy atom. The van der Waals surface area contributed by atoms with Gasteiger partial charge in [0.15, 0.2) is 0 Å². The van der Waals surface area contributed by atoms with Gasteiger partial charge in [-0.1, -0.05) is 0 Å². The van der Waals surface area contributed by atoms with Crippen molar-refractivity contribution in [2.24, 2.45) is 0 Å². The van der Waals surface area contributed by atoms with E-state index in [1.807, 2.05) is 0 Å². The fraction of sp³-hybridized carbons (Fsp3) is 0.571. The molecule has 0 aliphatic carbocycles. The van der Waals surface area contributed by atoms with E-state index in [-0.39, 0.29) is 18.6 Å². The second-order valence-electron chi connectivity index (χ2n) is 1.99. The largest absolute Gasteiger partial charge is 0.394 e. The molecule has 0 rings (SSSR count). The summed E-state index contributed by atoms with van der Waals surface area (Å²) in [6.07, 6.45) is 5.34. The minimum atomic E-state index is -0.289. The minimum Gasteiger partial charge on any atom is -0.394 e. The van der Waals surface area contributed by atoms with Crippen molar-refractivity contribution in [1.29, 1.82) is 0 Å². The number of amides is 1. The van der Waals surface area contributed by atoms with Crippen LogP contribution in [0.1, 0.15) is 13.3 Å². The van der Waals surface area contributed by atoms with Crippen molar-refractivity contribution in [3.8, 4) is 12.3 Å². The number of terminal acetylenes is 1. The first-order valence-corrected chi connectivity index (χ1v) is 3.02. The number of aliphatic hydroxyl groups excluding tert-OH is 1. The summed E-state index contributed by atoms with van der Waals surface area (Å²) in [5, 5.41) is 11.1. The van der Waals surface area contributed by atoms with E-state index in [1.165, 1.54) is 6.92 Å². The number of rotatable bonds is 3. The number of aliphatic hydroxyl groups is 1. The Labute approximate surface area is 60.4 Å². The monoisotopic (exact) mass is 141 g/mol. The summed E-state index contributed by atoms with van der Waals surface area (Å²) < 4.78 is 0. The molecule has 3 nitrogen and oxygen atoms in total. The Hall–Kier alpha value is -1.01. The molecular weight excluding hydrogens is 130 g/mol. The van der Waals surface area contributed by atoms with Crippen molar-refractivity contribution < 1.29 is 9.90 Å². The highest BCUT2D eigenvalue weighted by Crippen LogP contribution is 1.87. The van der Waals surface area contributed by atoms with Gasteiger partial charge in [-0.15, -0.1) is 12.3 Å². The second-order valence-corrected chi connectivity index (χ2v) is 1.99. The molecule has 0 aromatic heterocycles. The molecule has 0 aliphatic rings. The number of hydrogen-bond donors (Lipinski definition) is 2. The smallest absolute Gasteiger partial charge is 0.217 e. The number of nitrogens with one attached hydrogen (secondary N) is 1. The average Bonchev–Trinajstić information content (AvgIpc) is 1.86. The van der Waals surface area contributed by atoms with Crippen molar-refractivity contribution in [3.05, 3.63) is 0 Å². The molecule has 0 saturated carbocycles. The van der Waals surface area contributed by atoms with Gasteiger partial charge in [0.25, 0.3) is 0 Å². The molecule has 0 heterocycles. The summed E-state index contributed by atoms with van der Waals surface area (Å²) in [5.41, 5.74) is 0. The second kappa shape index (κ2) is 4.83. The van der Waals surface area contributed by atoms with Crippen LogP contribution >= 0.6 is 0 Å². The lowest BCUT2D eigenvalue weighted by molar-refractivity contribution is -0.119. The zero-order valence-corrected chi connectivity index (χ0v) is 5.92. The molecule has 3 heteroatoms. The molecule has 0 aromatic rings. The Morgan fingerprint density at radius 1 is 1.90 bits per heavy atom. The third-order valence-electron chi connectivity index (χ3n) is 0.992. The van der Waals surface area contributed by atoms with Crippen molar-refractivity contribution >= 4 is 5.91 Å². The molecule has 0 saturated heterocycles. The Balaban J connectivity index is 3.62. The van der Waals surface area contributed by atoms with Crippen LogP contribution in [-0.2, 0) is 4.79 Å². The molecule has 0 fully saturated rings. The lowest BCUT2D eigenvalue weighted by atomic mass is 10.2. The molecule has 56 valence electrons. The third kappa shape index (κ3) is 3.93. The minimum absolute atomic E-state index is 0.107. The van der Waals surface area contributed by atoms with E-state index in [4.69, 9.17) is 11.5 Å². The van der Waals surface area contributed by atoms with Gasteiger partial charge in [-0.3, -0.25) is 4.79 Å². The van der Waals surface area contributed by atoms with Gasteiger partial charge in [0.2, 0.25) is 5.91 Å². The van der Waals surface area contributed by atoms with Gasteiger partial charge in [-0.2, -0.15) is 0 Å². The summed E-state index contributed by atoms with van der Waals surface area (Å²) in [6.45, 7) is 1.28. The van der Waals surface area contributed by atoms with Gasteiger partial charge in [0, 0.05) is 13.3 Å². The number of carbonyl (C=O) groups is 1. The van der Waals surface area contributed by atoms with Gasteiger partial charge in [-0.05, 0) is 0 Å². The van der Waals surface area contributed by atoms with Gasteiger partial charge in [0.1, 0.15) is 0 Å². The van der Waals surface area contributed by atoms with Gasteiger partial charge >= 0.3 is 0 Å². The van der Waals surface area contributed by atoms with Crippen LogP contribution in [0.5, 0.6) is 0 Å². The van der Waals surface area contributed by atoms with Crippen LogP contribution in [0.25, 0.3) is 0 Å². The molecule has 2 N–H and O–H groups in total. The first kappa shape index (κ1) is 8.99. The topological polar surface area (TPSA) is 49.3 Å². The molecule has 0 spiro atoms. The van der Waals surface area contributed by atoms with E-state index in [0.717, 1.165) is 0 Å².